The van der Waals surface area contributed by atoms with E-state index in [1.54, 1.807) is 0 Å². The van der Waals surface area contributed by atoms with Crippen molar-refractivity contribution in [3.8, 4) is 0 Å². The Labute approximate surface area is 111 Å². The third kappa shape index (κ3) is 5.83. The first-order valence-corrected chi connectivity index (χ1v) is 7.31. The number of aliphatic carboxylic acids is 1. The molecule has 1 N–H and O–H groups in total. The topological polar surface area (TPSA) is 43.8 Å². The molecule has 1 saturated heterocycles. The summed E-state index contributed by atoms with van der Waals surface area (Å²) in [5.74, 6) is -0.669. The van der Waals surface area contributed by atoms with E-state index < -0.39 is 5.97 Å². The highest BCUT2D eigenvalue weighted by Gasteiger charge is 2.19. The van der Waals surface area contributed by atoms with Crippen LogP contribution < -0.4 is 0 Å². The van der Waals surface area contributed by atoms with Crippen LogP contribution in [-0.2, 0) is 4.79 Å². The molecule has 18 heavy (non-hydrogen) atoms. The van der Waals surface area contributed by atoms with Crippen LogP contribution in [0.15, 0.2) is 0 Å². The Balaban J connectivity index is 2.03. The molecule has 1 heterocycles. The Kier molecular flexibility index (Phi) is 7.28. The molecular weight excluding hydrogens is 228 g/mol. The van der Waals surface area contributed by atoms with Crippen molar-refractivity contribution in [3.63, 3.8) is 0 Å². The molecule has 1 atom stereocenters. The molecule has 0 aromatic carbocycles. The van der Waals surface area contributed by atoms with Crippen molar-refractivity contribution in [1.82, 2.24) is 9.80 Å². The van der Waals surface area contributed by atoms with Gasteiger partial charge in [-0.05, 0) is 32.7 Å². The average molecular weight is 256 g/mol. The van der Waals surface area contributed by atoms with Crippen LogP contribution in [0, 0.1) is 0 Å². The number of unbranched alkanes of at least 4 members (excludes halogenated alkanes) is 2. The van der Waals surface area contributed by atoms with Crippen molar-refractivity contribution in [2.45, 2.75) is 52.0 Å². The van der Waals surface area contributed by atoms with Crippen molar-refractivity contribution < 1.29 is 9.90 Å². The predicted molar refractivity (Wildman–Crippen MR) is 73.9 cm³/mol. The number of carboxylic acids is 1. The summed E-state index contributed by atoms with van der Waals surface area (Å²) in [6, 6.07) is 0.711. The zero-order valence-electron chi connectivity index (χ0n) is 11.9. The maximum Gasteiger partial charge on any atom is 0.303 e. The van der Waals surface area contributed by atoms with Crippen LogP contribution in [0.25, 0.3) is 0 Å². The van der Waals surface area contributed by atoms with Gasteiger partial charge in [-0.2, -0.15) is 0 Å². The molecular formula is C14H28N2O2. The first-order chi connectivity index (χ1) is 8.63. The van der Waals surface area contributed by atoms with Gasteiger partial charge in [0, 0.05) is 38.6 Å². The Bertz CT molecular complexity index is 238. The van der Waals surface area contributed by atoms with E-state index in [1.165, 1.54) is 32.6 Å². The average Bonchev–Trinajstić information content (AvgIpc) is 2.38. The largest absolute Gasteiger partial charge is 0.481 e. The Hall–Kier alpha value is -0.610. The van der Waals surface area contributed by atoms with Crippen LogP contribution in [0.1, 0.15) is 46.0 Å². The second-order valence-corrected chi connectivity index (χ2v) is 5.34. The fourth-order valence-electron chi connectivity index (χ4n) is 2.47. The van der Waals surface area contributed by atoms with Gasteiger partial charge in [0.25, 0.3) is 0 Å². The standard InChI is InChI=1S/C14H28N2O2/c1-3-13(2)16-11-9-15(10-12-16)8-6-4-5-7-14(17)18/h13H,3-12H2,1-2H3,(H,17,18). The smallest absolute Gasteiger partial charge is 0.303 e. The molecule has 0 saturated carbocycles. The minimum absolute atomic E-state index is 0.321. The molecule has 1 unspecified atom stereocenters. The lowest BCUT2D eigenvalue weighted by atomic mass is 10.1. The minimum Gasteiger partial charge on any atom is -0.481 e. The van der Waals surface area contributed by atoms with Crippen LogP contribution >= 0.6 is 0 Å². The number of piperazine rings is 1. The molecule has 1 rings (SSSR count). The van der Waals surface area contributed by atoms with Gasteiger partial charge in [-0.1, -0.05) is 13.3 Å². The highest BCUT2D eigenvalue weighted by Crippen LogP contribution is 2.10. The van der Waals surface area contributed by atoms with Gasteiger partial charge in [0.1, 0.15) is 0 Å². The SMILES string of the molecule is CCC(C)N1CCN(CCCCCC(=O)O)CC1. The summed E-state index contributed by atoms with van der Waals surface area (Å²) in [6.45, 7) is 10.4. The lowest BCUT2D eigenvalue weighted by molar-refractivity contribution is -0.137. The second kappa shape index (κ2) is 8.48. The zero-order chi connectivity index (χ0) is 13.4. The highest BCUT2D eigenvalue weighted by molar-refractivity contribution is 5.66. The molecule has 1 aliphatic rings. The number of rotatable bonds is 8. The van der Waals surface area contributed by atoms with Gasteiger partial charge in [0.2, 0.25) is 0 Å². The van der Waals surface area contributed by atoms with Gasteiger partial charge in [0.05, 0.1) is 0 Å². The van der Waals surface area contributed by atoms with Crippen LogP contribution in [0.2, 0.25) is 0 Å². The monoisotopic (exact) mass is 256 g/mol. The molecule has 1 fully saturated rings. The van der Waals surface area contributed by atoms with Crippen LogP contribution in [0.3, 0.4) is 0 Å². The molecule has 0 aromatic rings. The number of hydrogen-bond donors (Lipinski definition) is 1. The molecule has 0 radical (unpaired) electrons. The Morgan fingerprint density at radius 3 is 2.39 bits per heavy atom. The lowest BCUT2D eigenvalue weighted by Gasteiger charge is -2.37. The third-order valence-electron chi connectivity index (χ3n) is 3.99. The first-order valence-electron chi connectivity index (χ1n) is 7.31. The quantitative estimate of drug-likeness (QED) is 0.675. The predicted octanol–water partition coefficient (Wildman–Crippen LogP) is 2.05. The van der Waals surface area contributed by atoms with Gasteiger partial charge in [-0.15, -0.1) is 0 Å². The van der Waals surface area contributed by atoms with E-state index in [0.29, 0.717) is 12.5 Å². The van der Waals surface area contributed by atoms with Crippen molar-refractivity contribution in [2.24, 2.45) is 0 Å². The van der Waals surface area contributed by atoms with E-state index in [1.807, 2.05) is 0 Å². The molecule has 0 amide bonds. The van der Waals surface area contributed by atoms with Gasteiger partial charge in [-0.25, -0.2) is 0 Å². The van der Waals surface area contributed by atoms with Gasteiger partial charge in [-0.3, -0.25) is 9.69 Å². The van der Waals surface area contributed by atoms with Crippen molar-refractivity contribution in [1.29, 1.82) is 0 Å². The number of nitrogens with zero attached hydrogens (tertiary/aromatic N) is 2. The minimum atomic E-state index is -0.669. The molecule has 0 spiro atoms. The van der Waals surface area contributed by atoms with Crippen molar-refractivity contribution >= 4 is 5.97 Å². The summed E-state index contributed by atoms with van der Waals surface area (Å²) >= 11 is 0. The van der Waals surface area contributed by atoms with Gasteiger partial charge >= 0.3 is 5.97 Å². The third-order valence-corrected chi connectivity index (χ3v) is 3.99. The zero-order valence-corrected chi connectivity index (χ0v) is 11.9. The fourth-order valence-corrected chi connectivity index (χ4v) is 2.47. The van der Waals surface area contributed by atoms with Crippen molar-refractivity contribution in [2.75, 3.05) is 32.7 Å². The highest BCUT2D eigenvalue weighted by atomic mass is 16.4. The summed E-state index contributed by atoms with van der Waals surface area (Å²) in [7, 11) is 0. The molecule has 106 valence electrons. The molecule has 4 heteroatoms. The van der Waals surface area contributed by atoms with Crippen LogP contribution in [0.5, 0.6) is 0 Å². The Morgan fingerprint density at radius 1 is 1.17 bits per heavy atom. The Morgan fingerprint density at radius 2 is 1.83 bits per heavy atom. The second-order valence-electron chi connectivity index (χ2n) is 5.34. The normalized spacial score (nSPS) is 19.9. The molecule has 0 aliphatic carbocycles. The van der Waals surface area contributed by atoms with E-state index >= 15 is 0 Å². The van der Waals surface area contributed by atoms with Gasteiger partial charge < -0.3 is 10.0 Å². The van der Waals surface area contributed by atoms with Crippen LogP contribution in [0.4, 0.5) is 0 Å². The summed E-state index contributed by atoms with van der Waals surface area (Å²) in [4.78, 5) is 15.5. The molecule has 4 nitrogen and oxygen atoms in total. The van der Waals surface area contributed by atoms with E-state index in [9.17, 15) is 4.79 Å². The van der Waals surface area contributed by atoms with E-state index in [-0.39, 0.29) is 0 Å². The number of hydrogen-bond acceptors (Lipinski definition) is 3. The van der Waals surface area contributed by atoms with E-state index in [2.05, 4.69) is 23.6 Å². The first kappa shape index (κ1) is 15.4. The number of carbonyl (C=O) groups is 1. The lowest BCUT2D eigenvalue weighted by Crippen LogP contribution is -2.49. The van der Waals surface area contributed by atoms with Crippen LogP contribution in [-0.4, -0.2) is 59.6 Å². The fraction of sp³-hybridized carbons (Fsp3) is 0.929. The van der Waals surface area contributed by atoms with E-state index in [4.69, 9.17) is 5.11 Å². The van der Waals surface area contributed by atoms with Gasteiger partial charge in [0.15, 0.2) is 0 Å². The molecule has 1 aliphatic heterocycles. The van der Waals surface area contributed by atoms with E-state index in [0.717, 1.165) is 25.8 Å². The van der Waals surface area contributed by atoms with Crippen molar-refractivity contribution in [3.05, 3.63) is 0 Å². The molecule has 0 aromatic heterocycles. The molecule has 0 bridgehead atoms. The maximum absolute atomic E-state index is 10.4. The summed E-state index contributed by atoms with van der Waals surface area (Å²) in [5.41, 5.74) is 0. The summed E-state index contributed by atoms with van der Waals surface area (Å²) in [5, 5.41) is 8.55. The maximum atomic E-state index is 10.4. The number of carboxylic acid groups (broad SMARTS) is 1. The summed E-state index contributed by atoms with van der Waals surface area (Å²) in [6.07, 6.45) is 4.55. The summed E-state index contributed by atoms with van der Waals surface area (Å²) < 4.78 is 0.